The van der Waals surface area contributed by atoms with E-state index < -0.39 is 0 Å². The van der Waals surface area contributed by atoms with Gasteiger partial charge in [0.1, 0.15) is 10.8 Å². The Kier molecular flexibility index (Phi) is 5.75. The minimum Gasteiger partial charge on any atom is -0.462 e. The number of thiophene rings is 1. The maximum Gasteiger partial charge on any atom is 0.341 e. The number of aromatic nitrogens is 1. The summed E-state index contributed by atoms with van der Waals surface area (Å²) in [6, 6.07) is 0. The molecule has 0 aliphatic heterocycles. The molecular weight excluding hydrogens is 400 g/mol. The number of carbonyl (C=O) groups is 2. The largest absolute Gasteiger partial charge is 0.462 e. The second-order valence-electron chi connectivity index (χ2n) is 9.33. The van der Waals surface area contributed by atoms with Crippen LogP contribution in [-0.4, -0.2) is 23.6 Å². The highest BCUT2D eigenvalue weighted by molar-refractivity contribution is 7.17. The van der Waals surface area contributed by atoms with Crippen LogP contribution in [0.5, 0.6) is 0 Å². The molecule has 30 heavy (non-hydrogen) atoms. The molecule has 2 aliphatic carbocycles. The van der Waals surface area contributed by atoms with E-state index in [9.17, 15) is 9.59 Å². The molecule has 0 unspecified atom stereocenters. The Bertz CT molecular complexity index is 967. The van der Waals surface area contributed by atoms with E-state index in [1.54, 1.807) is 6.92 Å². The van der Waals surface area contributed by atoms with Gasteiger partial charge in [-0.1, -0.05) is 25.9 Å². The van der Waals surface area contributed by atoms with Gasteiger partial charge in [0, 0.05) is 16.9 Å². The Morgan fingerprint density at radius 2 is 1.97 bits per heavy atom. The van der Waals surface area contributed by atoms with Gasteiger partial charge in [-0.25, -0.2) is 4.79 Å². The van der Waals surface area contributed by atoms with Gasteiger partial charge in [0.15, 0.2) is 5.69 Å². The predicted octanol–water partition coefficient (Wildman–Crippen LogP) is 5.19. The lowest BCUT2D eigenvalue weighted by molar-refractivity contribution is 0.0526. The summed E-state index contributed by atoms with van der Waals surface area (Å²) in [4.78, 5) is 27.0. The predicted molar refractivity (Wildman–Crippen MR) is 116 cm³/mol. The molecule has 4 rings (SSSR count). The van der Waals surface area contributed by atoms with Crippen LogP contribution in [0, 0.1) is 11.3 Å². The smallest absolute Gasteiger partial charge is 0.341 e. The maximum atomic E-state index is 13.2. The Hall–Kier alpha value is -2.15. The van der Waals surface area contributed by atoms with Crippen LogP contribution in [0.2, 0.25) is 0 Å². The van der Waals surface area contributed by atoms with Gasteiger partial charge in [-0.3, -0.25) is 4.79 Å². The van der Waals surface area contributed by atoms with Gasteiger partial charge in [0.25, 0.3) is 5.91 Å². The molecule has 1 N–H and O–H groups in total. The van der Waals surface area contributed by atoms with Crippen LogP contribution in [-0.2, 0) is 30.4 Å². The van der Waals surface area contributed by atoms with Crippen molar-refractivity contribution < 1.29 is 18.8 Å². The number of hydrogen-bond acceptors (Lipinski definition) is 6. The summed E-state index contributed by atoms with van der Waals surface area (Å²) in [5.74, 6) is 0.623. The molecule has 2 heterocycles. The van der Waals surface area contributed by atoms with E-state index in [1.807, 2.05) is 0 Å². The van der Waals surface area contributed by atoms with Crippen LogP contribution < -0.4 is 5.32 Å². The number of aryl methyl sites for hydroxylation is 2. The van der Waals surface area contributed by atoms with Crippen molar-refractivity contribution in [3.63, 3.8) is 0 Å². The molecule has 0 aromatic carbocycles. The average Bonchev–Trinajstić information content (AvgIpc) is 3.27. The Labute approximate surface area is 181 Å². The second kappa shape index (κ2) is 8.17. The van der Waals surface area contributed by atoms with Crippen molar-refractivity contribution in [1.29, 1.82) is 0 Å². The normalized spacial score (nSPS) is 18.5. The second-order valence-corrected chi connectivity index (χ2v) is 10.4. The zero-order valence-corrected chi connectivity index (χ0v) is 19.0. The van der Waals surface area contributed by atoms with Gasteiger partial charge in [-0.15, -0.1) is 11.3 Å². The fraction of sp³-hybridized carbons (Fsp3) is 0.609. The zero-order chi connectivity index (χ0) is 21.5. The quantitative estimate of drug-likeness (QED) is 0.675. The molecule has 2 aliphatic rings. The lowest BCUT2D eigenvalue weighted by atomic mass is 9.71. The summed E-state index contributed by atoms with van der Waals surface area (Å²) >= 11 is 1.49. The SMILES string of the molecule is CCOC(=O)c1c(NC(=O)c2noc3c2C[C@@H](C(C)(C)C)CC3)sc2c1CCCC2. The van der Waals surface area contributed by atoms with Crippen LogP contribution >= 0.6 is 11.3 Å². The molecule has 0 saturated carbocycles. The third kappa shape index (κ3) is 3.92. The number of nitrogens with one attached hydrogen (secondary N) is 1. The van der Waals surface area contributed by atoms with E-state index in [4.69, 9.17) is 9.26 Å². The van der Waals surface area contributed by atoms with E-state index in [1.165, 1.54) is 16.2 Å². The number of fused-ring (bicyclic) bond motifs is 2. The van der Waals surface area contributed by atoms with Crippen LogP contribution in [0.15, 0.2) is 4.52 Å². The van der Waals surface area contributed by atoms with Crippen molar-refractivity contribution in [3.05, 3.63) is 33.0 Å². The summed E-state index contributed by atoms with van der Waals surface area (Å²) in [5, 5.41) is 7.65. The molecule has 1 amide bonds. The van der Waals surface area contributed by atoms with Crippen LogP contribution in [0.4, 0.5) is 5.00 Å². The molecule has 0 saturated heterocycles. The molecule has 0 radical (unpaired) electrons. The average molecular weight is 431 g/mol. The van der Waals surface area contributed by atoms with Gasteiger partial charge in [-0.2, -0.15) is 0 Å². The summed E-state index contributed by atoms with van der Waals surface area (Å²) in [5.41, 5.74) is 2.98. The maximum absolute atomic E-state index is 13.2. The van der Waals surface area contributed by atoms with Gasteiger partial charge in [0.2, 0.25) is 0 Å². The fourth-order valence-corrected chi connectivity index (χ4v) is 5.83. The molecule has 6 nitrogen and oxygen atoms in total. The van der Waals surface area contributed by atoms with E-state index >= 15 is 0 Å². The molecule has 0 bridgehead atoms. The number of esters is 1. The lowest BCUT2D eigenvalue weighted by Gasteiger charge is -2.33. The number of hydrogen-bond donors (Lipinski definition) is 1. The summed E-state index contributed by atoms with van der Waals surface area (Å²) in [6.45, 7) is 8.80. The van der Waals surface area contributed by atoms with E-state index in [-0.39, 0.29) is 17.3 Å². The highest BCUT2D eigenvalue weighted by atomic mass is 32.1. The standard InChI is InChI=1S/C23H30N2O4S/c1-5-28-22(27)18-14-8-6-7-9-17(14)30-21(18)24-20(26)19-15-12-13(23(2,3)4)10-11-16(15)29-25-19/h13H,5-12H2,1-4H3,(H,24,26)/t13-/m0/s1. The van der Waals surface area contributed by atoms with Crippen molar-refractivity contribution in [3.8, 4) is 0 Å². The highest BCUT2D eigenvalue weighted by Crippen LogP contribution is 2.40. The first-order valence-electron chi connectivity index (χ1n) is 10.9. The third-order valence-electron chi connectivity index (χ3n) is 6.36. The van der Waals surface area contributed by atoms with Crippen molar-refractivity contribution in [2.75, 3.05) is 11.9 Å². The monoisotopic (exact) mass is 430 g/mol. The Morgan fingerprint density at radius 3 is 2.70 bits per heavy atom. The molecule has 0 spiro atoms. The first-order valence-corrected chi connectivity index (χ1v) is 11.7. The van der Waals surface area contributed by atoms with Gasteiger partial charge < -0.3 is 14.6 Å². The number of amides is 1. The Morgan fingerprint density at radius 1 is 1.20 bits per heavy atom. The first kappa shape index (κ1) is 21.1. The number of nitrogens with zero attached hydrogens (tertiary/aromatic N) is 1. The highest BCUT2D eigenvalue weighted by Gasteiger charge is 2.35. The summed E-state index contributed by atoms with van der Waals surface area (Å²) < 4.78 is 10.8. The van der Waals surface area contributed by atoms with E-state index in [2.05, 4.69) is 31.2 Å². The van der Waals surface area contributed by atoms with Gasteiger partial charge in [-0.05, 0) is 62.3 Å². The Balaban J connectivity index is 1.62. The first-order chi connectivity index (χ1) is 14.3. The van der Waals surface area contributed by atoms with Gasteiger partial charge in [0.05, 0.1) is 12.2 Å². The van der Waals surface area contributed by atoms with Crippen LogP contribution in [0.3, 0.4) is 0 Å². The number of anilines is 1. The minimum atomic E-state index is -0.359. The topological polar surface area (TPSA) is 81.4 Å². The van der Waals surface area contributed by atoms with Crippen molar-refractivity contribution >= 4 is 28.2 Å². The molecule has 162 valence electrons. The minimum absolute atomic E-state index is 0.159. The van der Waals surface area contributed by atoms with Crippen molar-refractivity contribution in [1.82, 2.24) is 5.16 Å². The van der Waals surface area contributed by atoms with E-state index in [0.717, 1.165) is 61.8 Å². The molecule has 2 aromatic heterocycles. The molecular formula is C23H30N2O4S. The molecule has 1 atom stereocenters. The zero-order valence-electron chi connectivity index (χ0n) is 18.2. The fourth-order valence-electron chi connectivity index (χ4n) is 4.56. The molecule has 0 fully saturated rings. The molecule has 7 heteroatoms. The molecule has 2 aromatic rings. The number of carbonyl (C=O) groups excluding carboxylic acids is 2. The van der Waals surface area contributed by atoms with Gasteiger partial charge >= 0.3 is 5.97 Å². The third-order valence-corrected chi connectivity index (χ3v) is 7.56. The van der Waals surface area contributed by atoms with Crippen molar-refractivity contribution in [2.45, 2.75) is 72.6 Å². The number of rotatable bonds is 4. The summed E-state index contributed by atoms with van der Waals surface area (Å²) in [7, 11) is 0. The number of ether oxygens (including phenoxy) is 1. The van der Waals surface area contributed by atoms with Crippen LogP contribution in [0.25, 0.3) is 0 Å². The summed E-state index contributed by atoms with van der Waals surface area (Å²) in [6.07, 6.45) is 6.58. The van der Waals surface area contributed by atoms with Crippen LogP contribution in [0.1, 0.15) is 89.6 Å². The lowest BCUT2D eigenvalue weighted by Crippen LogP contribution is -2.27. The van der Waals surface area contributed by atoms with Crippen molar-refractivity contribution in [2.24, 2.45) is 11.3 Å². The van der Waals surface area contributed by atoms with E-state index in [0.29, 0.717) is 28.8 Å².